The molecule has 0 bridgehead atoms. The summed E-state index contributed by atoms with van der Waals surface area (Å²) in [5.74, 6) is -0.840. The molecule has 0 saturated heterocycles. The zero-order chi connectivity index (χ0) is 21.3. The second kappa shape index (κ2) is 8.24. The molecule has 3 amide bonds. The summed E-state index contributed by atoms with van der Waals surface area (Å²) in [5, 5.41) is 0. The van der Waals surface area contributed by atoms with Gasteiger partial charge in [0.2, 0.25) is 0 Å². The number of benzene rings is 2. The van der Waals surface area contributed by atoms with Crippen LogP contribution in [0.2, 0.25) is 0 Å². The minimum Gasteiger partial charge on any atom is -0.333 e. The molecule has 0 spiro atoms. The summed E-state index contributed by atoms with van der Waals surface area (Å²) in [4.78, 5) is 43.0. The van der Waals surface area contributed by atoms with Crippen molar-refractivity contribution in [3.63, 3.8) is 0 Å². The van der Waals surface area contributed by atoms with E-state index in [0.717, 1.165) is 21.8 Å². The first-order valence-electron chi connectivity index (χ1n) is 9.79. The highest BCUT2D eigenvalue weighted by atomic mass is 32.1. The first-order valence-corrected chi connectivity index (χ1v) is 10.6. The van der Waals surface area contributed by atoms with Crippen molar-refractivity contribution in [1.82, 2.24) is 9.80 Å². The van der Waals surface area contributed by atoms with Gasteiger partial charge >= 0.3 is 0 Å². The molecule has 2 heterocycles. The fourth-order valence-corrected chi connectivity index (χ4v) is 4.50. The maximum atomic E-state index is 13.4. The van der Waals surface area contributed by atoms with Crippen LogP contribution >= 0.6 is 11.3 Å². The van der Waals surface area contributed by atoms with Crippen molar-refractivity contribution in [3.05, 3.63) is 92.7 Å². The Balaban J connectivity index is 1.60. The highest BCUT2D eigenvalue weighted by molar-refractivity contribution is 7.11. The minimum absolute atomic E-state index is 0.144. The van der Waals surface area contributed by atoms with Crippen molar-refractivity contribution in [1.29, 1.82) is 0 Å². The fourth-order valence-electron chi connectivity index (χ4n) is 3.60. The number of imide groups is 1. The molecule has 152 valence electrons. The number of rotatable bonds is 6. The van der Waals surface area contributed by atoms with Crippen LogP contribution in [-0.4, -0.2) is 41.1 Å². The summed E-state index contributed by atoms with van der Waals surface area (Å²) in [7, 11) is 1.46. The third-order valence-electron chi connectivity index (χ3n) is 5.28. The molecule has 0 saturated carbocycles. The molecule has 1 aliphatic rings. The highest BCUT2D eigenvalue weighted by Gasteiger charge is 2.33. The lowest BCUT2D eigenvalue weighted by Crippen LogP contribution is -2.32. The maximum absolute atomic E-state index is 13.4. The molecule has 0 fully saturated rings. The lowest BCUT2D eigenvalue weighted by atomic mass is 10.0. The van der Waals surface area contributed by atoms with Crippen LogP contribution in [-0.2, 0) is 13.0 Å². The molecular formula is C24H22N2O3S. The van der Waals surface area contributed by atoms with Gasteiger partial charge in [-0.25, -0.2) is 0 Å². The van der Waals surface area contributed by atoms with Crippen molar-refractivity contribution in [2.75, 3.05) is 13.6 Å². The first-order chi connectivity index (χ1) is 14.4. The standard InChI is InChI=1S/C24H22N2O3S/c1-16-8-10-19(30-16)15-26(13-12-17-6-4-3-5-7-17)22(27)18-9-11-20-21(14-18)24(29)25(2)23(20)28/h3-11,14H,12-13,15H2,1-2H3. The predicted octanol–water partition coefficient (Wildman–Crippen LogP) is 4.17. The molecule has 4 rings (SSSR count). The SMILES string of the molecule is Cc1ccc(CN(CCc2ccccc2)C(=O)c2ccc3c(c2)C(=O)N(C)C3=O)s1. The molecule has 0 atom stereocenters. The number of carbonyl (C=O) groups excluding carboxylic acids is 3. The topological polar surface area (TPSA) is 57.7 Å². The quantitative estimate of drug-likeness (QED) is 0.565. The molecule has 2 aromatic carbocycles. The van der Waals surface area contributed by atoms with Gasteiger partial charge in [-0.05, 0) is 49.2 Å². The Kier molecular flexibility index (Phi) is 5.50. The summed E-state index contributed by atoms with van der Waals surface area (Å²) in [6, 6.07) is 18.9. The van der Waals surface area contributed by atoms with Gasteiger partial charge in [-0.2, -0.15) is 0 Å². The number of hydrogen-bond donors (Lipinski definition) is 0. The summed E-state index contributed by atoms with van der Waals surface area (Å²) in [6.45, 7) is 3.11. The lowest BCUT2D eigenvalue weighted by molar-refractivity contribution is 0.0692. The zero-order valence-corrected chi connectivity index (χ0v) is 17.7. The molecule has 0 aliphatic carbocycles. The summed E-state index contributed by atoms with van der Waals surface area (Å²) in [5.41, 5.74) is 2.23. The number of carbonyl (C=O) groups is 3. The molecule has 1 aromatic heterocycles. The Morgan fingerprint density at radius 3 is 2.40 bits per heavy atom. The van der Waals surface area contributed by atoms with Crippen LogP contribution in [0.1, 0.15) is 46.4 Å². The van der Waals surface area contributed by atoms with Crippen LogP contribution < -0.4 is 0 Å². The van der Waals surface area contributed by atoms with Gasteiger partial charge in [0, 0.05) is 28.9 Å². The number of hydrogen-bond acceptors (Lipinski definition) is 4. The van der Waals surface area contributed by atoms with E-state index < -0.39 is 0 Å². The van der Waals surface area contributed by atoms with Crippen molar-refractivity contribution in [2.45, 2.75) is 19.9 Å². The van der Waals surface area contributed by atoms with E-state index in [4.69, 9.17) is 0 Å². The second-order valence-corrected chi connectivity index (χ2v) is 8.78. The molecule has 3 aromatic rings. The van der Waals surface area contributed by atoms with E-state index in [1.807, 2.05) is 48.2 Å². The van der Waals surface area contributed by atoms with Crippen molar-refractivity contribution < 1.29 is 14.4 Å². The number of thiophene rings is 1. The van der Waals surface area contributed by atoms with Gasteiger partial charge in [-0.1, -0.05) is 30.3 Å². The Morgan fingerprint density at radius 1 is 0.967 bits per heavy atom. The van der Waals surface area contributed by atoms with Gasteiger partial charge in [0.05, 0.1) is 17.7 Å². The third-order valence-corrected chi connectivity index (χ3v) is 6.27. The van der Waals surface area contributed by atoms with Crippen molar-refractivity contribution in [3.8, 4) is 0 Å². The smallest absolute Gasteiger partial charge is 0.261 e. The van der Waals surface area contributed by atoms with E-state index in [-0.39, 0.29) is 17.7 Å². The molecule has 1 aliphatic heterocycles. The van der Waals surface area contributed by atoms with Crippen LogP contribution in [0, 0.1) is 6.92 Å². The average Bonchev–Trinajstić information content (AvgIpc) is 3.27. The fraction of sp³-hybridized carbons (Fsp3) is 0.208. The molecular weight excluding hydrogens is 396 g/mol. The van der Waals surface area contributed by atoms with Crippen LogP contribution in [0.4, 0.5) is 0 Å². The van der Waals surface area contributed by atoms with Gasteiger partial charge in [0.15, 0.2) is 0 Å². The summed E-state index contributed by atoms with van der Waals surface area (Å²) in [6.07, 6.45) is 0.738. The van der Waals surface area contributed by atoms with Gasteiger partial charge in [0.25, 0.3) is 17.7 Å². The molecule has 6 heteroatoms. The monoisotopic (exact) mass is 418 g/mol. The number of fused-ring (bicyclic) bond motifs is 1. The third kappa shape index (κ3) is 3.91. The van der Waals surface area contributed by atoms with Gasteiger partial charge in [0.1, 0.15) is 0 Å². The largest absolute Gasteiger partial charge is 0.333 e. The van der Waals surface area contributed by atoms with E-state index in [1.54, 1.807) is 29.5 Å². The van der Waals surface area contributed by atoms with Crippen molar-refractivity contribution in [2.24, 2.45) is 0 Å². The average molecular weight is 419 g/mol. The summed E-state index contributed by atoms with van der Waals surface area (Å²) < 4.78 is 0. The first kappa shape index (κ1) is 20.0. The van der Waals surface area contributed by atoms with Crippen LogP contribution in [0.15, 0.2) is 60.7 Å². The lowest BCUT2D eigenvalue weighted by Gasteiger charge is -2.22. The minimum atomic E-state index is -0.366. The van der Waals surface area contributed by atoms with E-state index in [1.165, 1.54) is 11.9 Å². The predicted molar refractivity (Wildman–Crippen MR) is 117 cm³/mol. The van der Waals surface area contributed by atoms with Crippen LogP contribution in [0.5, 0.6) is 0 Å². The highest BCUT2D eigenvalue weighted by Crippen LogP contribution is 2.24. The van der Waals surface area contributed by atoms with Crippen LogP contribution in [0.25, 0.3) is 0 Å². The van der Waals surface area contributed by atoms with E-state index >= 15 is 0 Å². The Bertz CT molecular complexity index is 1120. The van der Waals surface area contributed by atoms with E-state index in [0.29, 0.717) is 29.8 Å². The molecule has 0 N–H and O–H groups in total. The van der Waals surface area contributed by atoms with Gasteiger partial charge in [-0.3, -0.25) is 19.3 Å². The van der Waals surface area contributed by atoms with Crippen molar-refractivity contribution >= 4 is 29.1 Å². The molecule has 30 heavy (non-hydrogen) atoms. The maximum Gasteiger partial charge on any atom is 0.261 e. The molecule has 0 radical (unpaired) electrons. The molecule has 5 nitrogen and oxygen atoms in total. The number of aryl methyl sites for hydroxylation is 1. The normalized spacial score (nSPS) is 12.9. The van der Waals surface area contributed by atoms with E-state index in [9.17, 15) is 14.4 Å². The summed E-state index contributed by atoms with van der Waals surface area (Å²) >= 11 is 1.67. The Hall–Kier alpha value is -3.25. The Labute approximate surface area is 179 Å². The molecule has 0 unspecified atom stereocenters. The number of amides is 3. The van der Waals surface area contributed by atoms with Gasteiger partial charge < -0.3 is 4.90 Å². The zero-order valence-electron chi connectivity index (χ0n) is 16.9. The number of nitrogens with zero attached hydrogens (tertiary/aromatic N) is 2. The Morgan fingerprint density at radius 2 is 1.70 bits per heavy atom. The van der Waals surface area contributed by atoms with Gasteiger partial charge in [-0.15, -0.1) is 11.3 Å². The van der Waals surface area contributed by atoms with E-state index in [2.05, 4.69) is 6.07 Å². The van der Waals surface area contributed by atoms with Crippen LogP contribution in [0.3, 0.4) is 0 Å². The second-order valence-electron chi connectivity index (χ2n) is 7.40.